The molecule has 90 valence electrons. The molecule has 0 saturated heterocycles. The summed E-state index contributed by atoms with van der Waals surface area (Å²) < 4.78 is 22.2. The summed E-state index contributed by atoms with van der Waals surface area (Å²) in [6.07, 6.45) is 0.811. The van der Waals surface area contributed by atoms with E-state index in [0.29, 0.717) is 12.4 Å². The predicted molar refractivity (Wildman–Crippen MR) is 64.2 cm³/mol. The normalized spacial score (nSPS) is 23.1. The van der Waals surface area contributed by atoms with Gasteiger partial charge in [-0.05, 0) is 5.57 Å². The van der Waals surface area contributed by atoms with Crippen LogP contribution in [-0.2, 0) is 10.3 Å². The third-order valence-corrected chi connectivity index (χ3v) is 3.67. The first kappa shape index (κ1) is 10.5. The zero-order chi connectivity index (χ0) is 12.0. The Labute approximate surface area is 99.2 Å². The number of fused-ring (bicyclic) bond motifs is 1. The summed E-state index contributed by atoms with van der Waals surface area (Å²) in [5.74, 6) is 0.376. The van der Waals surface area contributed by atoms with E-state index < -0.39 is 10.3 Å². The van der Waals surface area contributed by atoms with Crippen LogP contribution in [0.4, 0.5) is 0 Å². The molecule has 0 atom stereocenters. The number of hydrogen-bond acceptors (Lipinski definition) is 7. The van der Waals surface area contributed by atoms with E-state index in [-0.39, 0.29) is 10.7 Å². The van der Waals surface area contributed by atoms with E-state index in [0.717, 1.165) is 30.8 Å². The Morgan fingerprint density at radius 1 is 1.41 bits per heavy atom. The molecule has 0 aromatic heterocycles. The molecule has 0 fully saturated rings. The summed E-state index contributed by atoms with van der Waals surface area (Å²) in [6, 6.07) is 0. The minimum atomic E-state index is -2.40. The van der Waals surface area contributed by atoms with Crippen molar-refractivity contribution in [3.05, 3.63) is 11.3 Å². The van der Waals surface area contributed by atoms with Gasteiger partial charge in [0.05, 0.1) is 6.54 Å². The Morgan fingerprint density at radius 3 is 3.00 bits per heavy atom. The van der Waals surface area contributed by atoms with Crippen LogP contribution in [0.3, 0.4) is 0 Å². The lowest BCUT2D eigenvalue weighted by Crippen LogP contribution is -2.39. The lowest BCUT2D eigenvalue weighted by Gasteiger charge is -2.27. The second-order valence-corrected chi connectivity index (χ2v) is 4.90. The maximum absolute atomic E-state index is 11.1. The van der Waals surface area contributed by atoms with Crippen LogP contribution in [0.5, 0.6) is 0 Å². The van der Waals surface area contributed by atoms with E-state index >= 15 is 0 Å². The number of nitrogens with zero attached hydrogens (tertiary/aromatic N) is 3. The first-order valence-electron chi connectivity index (χ1n) is 5.25. The SMILES string of the molecule is NC1=NN2CC3=C(CCNC3)N=C2C1=S(=O)=O. The molecule has 0 unspecified atom stereocenters. The Kier molecular flexibility index (Phi) is 2.26. The number of nitrogens with one attached hydrogen (secondary N) is 1. The monoisotopic (exact) mass is 253 g/mol. The molecular weight excluding hydrogens is 242 g/mol. The van der Waals surface area contributed by atoms with Crippen molar-refractivity contribution >= 4 is 26.8 Å². The van der Waals surface area contributed by atoms with Gasteiger partial charge in [-0.1, -0.05) is 0 Å². The molecule has 0 aromatic carbocycles. The highest BCUT2D eigenvalue weighted by molar-refractivity contribution is 7.77. The van der Waals surface area contributed by atoms with Gasteiger partial charge in [0.2, 0.25) is 10.3 Å². The standard InChI is InChI=1S/C9H11N5O2S/c10-8-7(17(15)16)9-12-6-1-2-11-3-5(6)4-14(9)13-8/h11H,1-4H2,(H2,10,13). The van der Waals surface area contributed by atoms with E-state index in [2.05, 4.69) is 15.4 Å². The number of hydrazone groups is 1. The van der Waals surface area contributed by atoms with Gasteiger partial charge < -0.3 is 11.1 Å². The molecule has 0 amide bonds. The van der Waals surface area contributed by atoms with Crippen LogP contribution in [-0.4, -0.2) is 49.6 Å². The summed E-state index contributed by atoms with van der Waals surface area (Å²) >= 11 is 0. The highest BCUT2D eigenvalue weighted by Crippen LogP contribution is 2.23. The van der Waals surface area contributed by atoms with Crippen LogP contribution >= 0.6 is 0 Å². The van der Waals surface area contributed by atoms with Crippen molar-refractivity contribution in [2.24, 2.45) is 15.8 Å². The number of hydrogen-bond donors (Lipinski definition) is 2. The summed E-state index contributed by atoms with van der Waals surface area (Å²) in [5, 5.41) is 8.80. The third-order valence-electron chi connectivity index (χ3n) is 2.94. The van der Waals surface area contributed by atoms with Crippen molar-refractivity contribution < 1.29 is 8.42 Å². The van der Waals surface area contributed by atoms with Crippen LogP contribution < -0.4 is 11.1 Å². The van der Waals surface area contributed by atoms with Crippen LogP contribution in [0.1, 0.15) is 6.42 Å². The van der Waals surface area contributed by atoms with Crippen LogP contribution in [0, 0.1) is 0 Å². The fourth-order valence-corrected chi connectivity index (χ4v) is 2.66. The van der Waals surface area contributed by atoms with Crippen molar-refractivity contribution in [3.63, 3.8) is 0 Å². The number of aliphatic imine (C=N–C) groups is 1. The number of nitrogens with two attached hydrogens (primary N) is 1. The highest BCUT2D eigenvalue weighted by Gasteiger charge is 2.34. The fraction of sp³-hybridized carbons (Fsp3) is 0.444. The topological polar surface area (TPSA) is 100 Å². The molecule has 3 aliphatic rings. The summed E-state index contributed by atoms with van der Waals surface area (Å²) in [4.78, 5) is 4.39. The largest absolute Gasteiger partial charge is 0.381 e. The van der Waals surface area contributed by atoms with Gasteiger partial charge in [0.25, 0.3) is 0 Å². The van der Waals surface area contributed by atoms with Crippen molar-refractivity contribution in [3.8, 4) is 0 Å². The second-order valence-electron chi connectivity index (χ2n) is 4.02. The highest BCUT2D eigenvalue weighted by atomic mass is 32.2. The second kappa shape index (κ2) is 3.67. The van der Waals surface area contributed by atoms with Crippen molar-refractivity contribution in [2.75, 3.05) is 19.6 Å². The molecule has 0 radical (unpaired) electrons. The summed E-state index contributed by atoms with van der Waals surface area (Å²) in [6.45, 7) is 2.19. The molecule has 7 nitrogen and oxygen atoms in total. The van der Waals surface area contributed by atoms with E-state index in [1.165, 1.54) is 0 Å². The minimum Gasteiger partial charge on any atom is -0.381 e. The van der Waals surface area contributed by atoms with E-state index in [1.54, 1.807) is 5.01 Å². The van der Waals surface area contributed by atoms with E-state index in [9.17, 15) is 8.42 Å². The summed E-state index contributed by atoms with van der Waals surface area (Å²) in [5.41, 5.74) is 7.70. The van der Waals surface area contributed by atoms with Crippen LogP contribution in [0.15, 0.2) is 21.4 Å². The Bertz CT molecular complexity index is 605. The third kappa shape index (κ3) is 1.56. The lowest BCUT2D eigenvalue weighted by molar-refractivity contribution is 0.463. The van der Waals surface area contributed by atoms with Crippen LogP contribution in [0.25, 0.3) is 0 Å². The first-order chi connectivity index (χ1) is 8.16. The van der Waals surface area contributed by atoms with Gasteiger partial charge in [-0.15, -0.1) is 0 Å². The van der Waals surface area contributed by atoms with Crippen LogP contribution in [0.2, 0.25) is 0 Å². The van der Waals surface area contributed by atoms with Gasteiger partial charge >= 0.3 is 0 Å². The van der Waals surface area contributed by atoms with Gasteiger partial charge in [0, 0.05) is 25.2 Å². The maximum atomic E-state index is 11.1. The zero-order valence-corrected chi connectivity index (χ0v) is 9.79. The van der Waals surface area contributed by atoms with Crippen molar-refractivity contribution in [1.82, 2.24) is 10.3 Å². The smallest absolute Gasteiger partial charge is 0.229 e. The molecule has 3 aliphatic heterocycles. The Morgan fingerprint density at radius 2 is 2.24 bits per heavy atom. The summed E-state index contributed by atoms with van der Waals surface area (Å²) in [7, 11) is -2.40. The molecule has 0 aromatic rings. The molecule has 3 heterocycles. The molecule has 0 saturated carbocycles. The molecule has 0 aliphatic carbocycles. The fourth-order valence-electron chi connectivity index (χ4n) is 2.15. The van der Waals surface area contributed by atoms with Gasteiger partial charge in [-0.3, -0.25) is 0 Å². The molecule has 17 heavy (non-hydrogen) atoms. The Balaban J connectivity index is 2.12. The van der Waals surface area contributed by atoms with Crippen molar-refractivity contribution in [1.29, 1.82) is 0 Å². The number of amidine groups is 2. The molecule has 3 N–H and O–H groups in total. The maximum Gasteiger partial charge on any atom is 0.229 e. The molecular formula is C9H11N5O2S. The molecule has 0 bridgehead atoms. The minimum absolute atomic E-state index is 0.00934. The first-order valence-corrected chi connectivity index (χ1v) is 6.33. The molecule has 0 spiro atoms. The zero-order valence-electron chi connectivity index (χ0n) is 8.97. The lowest BCUT2D eigenvalue weighted by atomic mass is 10.1. The van der Waals surface area contributed by atoms with Gasteiger partial charge in [0.15, 0.2) is 16.5 Å². The average Bonchev–Trinajstić information content (AvgIpc) is 2.60. The average molecular weight is 253 g/mol. The van der Waals surface area contributed by atoms with Gasteiger partial charge in [-0.2, -0.15) is 13.5 Å². The Hall–Kier alpha value is -1.67. The van der Waals surface area contributed by atoms with Gasteiger partial charge in [0.1, 0.15) is 0 Å². The van der Waals surface area contributed by atoms with E-state index in [1.807, 2.05) is 0 Å². The molecule has 3 rings (SSSR count). The number of rotatable bonds is 0. The predicted octanol–water partition coefficient (Wildman–Crippen LogP) is -1.71. The quantitative estimate of drug-likeness (QED) is 0.500. The molecule has 8 heteroatoms. The van der Waals surface area contributed by atoms with E-state index in [4.69, 9.17) is 5.73 Å². The van der Waals surface area contributed by atoms with Gasteiger partial charge in [-0.25, -0.2) is 10.0 Å². The van der Waals surface area contributed by atoms with Crippen molar-refractivity contribution in [2.45, 2.75) is 6.42 Å².